The van der Waals surface area contributed by atoms with E-state index in [0.29, 0.717) is 13.0 Å². The molecule has 4 nitrogen and oxygen atoms in total. The van der Waals surface area contributed by atoms with E-state index in [1.807, 2.05) is 24.3 Å². The zero-order valence-corrected chi connectivity index (χ0v) is 13.7. The van der Waals surface area contributed by atoms with E-state index in [0.717, 1.165) is 12.0 Å². The van der Waals surface area contributed by atoms with Crippen molar-refractivity contribution >= 4 is 6.03 Å². The number of aliphatic hydroxyl groups is 1. The Morgan fingerprint density at radius 2 is 1.75 bits per heavy atom. The number of carbonyl (C=O) groups excluding carboxylic acids is 1. The summed E-state index contributed by atoms with van der Waals surface area (Å²) in [5, 5.41) is 12.3. The highest BCUT2D eigenvalue weighted by Crippen LogP contribution is 2.38. The van der Waals surface area contributed by atoms with E-state index < -0.39 is 24.6 Å². The minimum atomic E-state index is -4.65. The Bertz CT molecular complexity index is 550. The Morgan fingerprint density at radius 1 is 1.21 bits per heavy atom. The molecule has 1 aromatic carbocycles. The largest absolute Gasteiger partial charge is 0.417 e. The van der Waals surface area contributed by atoms with Gasteiger partial charge in [0, 0.05) is 32.5 Å². The van der Waals surface area contributed by atoms with Gasteiger partial charge in [-0.15, -0.1) is 0 Å². The summed E-state index contributed by atoms with van der Waals surface area (Å²) < 4.78 is 38.2. The van der Waals surface area contributed by atoms with Crippen LogP contribution in [0.3, 0.4) is 0 Å². The first-order valence-corrected chi connectivity index (χ1v) is 8.15. The molecule has 24 heavy (non-hydrogen) atoms. The second-order valence-electron chi connectivity index (χ2n) is 6.17. The zero-order chi connectivity index (χ0) is 17.8. The van der Waals surface area contributed by atoms with E-state index in [1.165, 1.54) is 10.5 Å². The predicted molar refractivity (Wildman–Crippen MR) is 84.7 cm³/mol. The van der Waals surface area contributed by atoms with Gasteiger partial charge >= 0.3 is 12.2 Å². The summed E-state index contributed by atoms with van der Waals surface area (Å²) >= 11 is 0. The molecule has 0 spiro atoms. The Balaban J connectivity index is 1.75. The number of hydrogen-bond acceptors (Lipinski definition) is 2. The van der Waals surface area contributed by atoms with Crippen LogP contribution < -0.4 is 5.32 Å². The van der Waals surface area contributed by atoms with Gasteiger partial charge in [-0.1, -0.05) is 31.2 Å². The maximum atomic E-state index is 12.7. The van der Waals surface area contributed by atoms with Crippen LogP contribution >= 0.6 is 0 Å². The van der Waals surface area contributed by atoms with Crippen molar-refractivity contribution in [3.8, 4) is 0 Å². The summed E-state index contributed by atoms with van der Waals surface area (Å²) in [5.74, 6) is 0. The van der Waals surface area contributed by atoms with Gasteiger partial charge in [0.15, 0.2) is 5.60 Å². The standard InChI is InChI=1S/C17H23F3N2O2/c1-2-13-3-5-14(6-4-13)7-10-21-15(23)22-11-8-16(24,9-12-22)17(18,19)20/h3-6,24H,2,7-12H2,1H3,(H,21,23). The Morgan fingerprint density at radius 3 is 2.25 bits per heavy atom. The summed E-state index contributed by atoms with van der Waals surface area (Å²) in [7, 11) is 0. The smallest absolute Gasteiger partial charge is 0.380 e. The van der Waals surface area contributed by atoms with Crippen molar-refractivity contribution in [2.24, 2.45) is 0 Å². The number of amides is 2. The average molecular weight is 344 g/mol. The Labute approximate surface area is 139 Å². The number of piperidine rings is 1. The first-order chi connectivity index (χ1) is 11.2. The van der Waals surface area contributed by atoms with Crippen molar-refractivity contribution in [2.75, 3.05) is 19.6 Å². The molecule has 0 unspecified atom stereocenters. The molecule has 1 aliphatic heterocycles. The monoisotopic (exact) mass is 344 g/mol. The van der Waals surface area contributed by atoms with Crippen molar-refractivity contribution in [3.63, 3.8) is 0 Å². The molecule has 0 radical (unpaired) electrons. The van der Waals surface area contributed by atoms with Gasteiger partial charge in [-0.05, 0) is 24.0 Å². The van der Waals surface area contributed by atoms with Crippen molar-refractivity contribution in [2.45, 2.75) is 44.4 Å². The highest BCUT2D eigenvalue weighted by Gasteiger charge is 2.54. The molecule has 2 amide bonds. The van der Waals surface area contributed by atoms with Crippen molar-refractivity contribution in [1.82, 2.24) is 10.2 Å². The number of alkyl halides is 3. The summed E-state index contributed by atoms with van der Waals surface area (Å²) in [6.07, 6.45) is -3.99. The molecule has 1 aliphatic rings. The maximum Gasteiger partial charge on any atom is 0.417 e. The first kappa shape index (κ1) is 18.6. The molecule has 2 rings (SSSR count). The molecule has 0 saturated carbocycles. The summed E-state index contributed by atoms with van der Waals surface area (Å²) in [6.45, 7) is 2.29. The highest BCUT2D eigenvalue weighted by molar-refractivity contribution is 5.74. The molecular formula is C17H23F3N2O2. The fourth-order valence-corrected chi connectivity index (χ4v) is 2.73. The lowest BCUT2D eigenvalue weighted by Gasteiger charge is -2.39. The molecule has 0 atom stereocenters. The number of nitrogens with zero attached hydrogens (tertiary/aromatic N) is 1. The summed E-state index contributed by atoms with van der Waals surface area (Å²) in [5.41, 5.74) is -0.337. The van der Waals surface area contributed by atoms with E-state index in [9.17, 15) is 23.1 Å². The van der Waals surface area contributed by atoms with Gasteiger partial charge < -0.3 is 15.3 Å². The predicted octanol–water partition coefficient (Wildman–Crippen LogP) is 2.89. The van der Waals surface area contributed by atoms with E-state index in [1.54, 1.807) is 0 Å². The van der Waals surface area contributed by atoms with Crippen molar-refractivity contribution in [1.29, 1.82) is 0 Å². The lowest BCUT2D eigenvalue weighted by atomic mass is 9.91. The Kier molecular flexibility index (Phi) is 5.74. The number of benzene rings is 1. The lowest BCUT2D eigenvalue weighted by molar-refractivity contribution is -0.271. The number of carbonyl (C=O) groups is 1. The van der Waals surface area contributed by atoms with Gasteiger partial charge in [0.25, 0.3) is 0 Å². The van der Waals surface area contributed by atoms with Crippen LogP contribution in [0.1, 0.15) is 30.9 Å². The molecule has 134 valence electrons. The normalized spacial score (nSPS) is 17.6. The van der Waals surface area contributed by atoms with Crippen LogP contribution in [0.4, 0.5) is 18.0 Å². The molecule has 1 fully saturated rings. The maximum absolute atomic E-state index is 12.7. The van der Waals surface area contributed by atoms with Crippen molar-refractivity contribution in [3.05, 3.63) is 35.4 Å². The molecule has 0 aromatic heterocycles. The minimum absolute atomic E-state index is 0.104. The number of hydrogen-bond donors (Lipinski definition) is 2. The van der Waals surface area contributed by atoms with Crippen LogP contribution in [0.5, 0.6) is 0 Å². The number of likely N-dealkylation sites (tertiary alicyclic amines) is 1. The van der Waals surface area contributed by atoms with Gasteiger partial charge in [-0.25, -0.2) is 4.79 Å². The average Bonchev–Trinajstić information content (AvgIpc) is 2.55. The lowest BCUT2D eigenvalue weighted by Crippen LogP contribution is -2.55. The molecule has 1 saturated heterocycles. The molecule has 1 heterocycles. The van der Waals surface area contributed by atoms with Gasteiger partial charge in [-0.2, -0.15) is 13.2 Å². The van der Waals surface area contributed by atoms with Gasteiger partial charge in [0.1, 0.15) is 0 Å². The molecule has 0 aliphatic carbocycles. The van der Waals surface area contributed by atoms with E-state index in [2.05, 4.69) is 12.2 Å². The molecule has 0 bridgehead atoms. The number of rotatable bonds is 4. The van der Waals surface area contributed by atoms with Crippen LogP contribution in [-0.4, -0.2) is 47.4 Å². The fourth-order valence-electron chi connectivity index (χ4n) is 2.73. The second kappa shape index (κ2) is 7.42. The van der Waals surface area contributed by atoms with E-state index in [4.69, 9.17) is 0 Å². The van der Waals surface area contributed by atoms with Crippen LogP contribution in [0.15, 0.2) is 24.3 Å². The van der Waals surface area contributed by atoms with Crippen LogP contribution in [0.25, 0.3) is 0 Å². The molecule has 7 heteroatoms. The molecule has 2 N–H and O–H groups in total. The van der Waals surface area contributed by atoms with Gasteiger partial charge in [0.05, 0.1) is 0 Å². The number of halogens is 3. The van der Waals surface area contributed by atoms with Gasteiger partial charge in [0.2, 0.25) is 0 Å². The van der Waals surface area contributed by atoms with Crippen molar-refractivity contribution < 1.29 is 23.1 Å². The van der Waals surface area contributed by atoms with Crippen LogP contribution in [0, 0.1) is 0 Å². The van der Waals surface area contributed by atoms with Crippen LogP contribution in [0.2, 0.25) is 0 Å². The van der Waals surface area contributed by atoms with E-state index >= 15 is 0 Å². The topological polar surface area (TPSA) is 52.6 Å². The Hall–Kier alpha value is -1.76. The first-order valence-electron chi connectivity index (χ1n) is 8.15. The fraction of sp³-hybridized carbons (Fsp3) is 0.588. The molecular weight excluding hydrogens is 321 g/mol. The number of aryl methyl sites for hydroxylation is 1. The third kappa shape index (κ3) is 4.41. The highest BCUT2D eigenvalue weighted by atomic mass is 19.4. The SMILES string of the molecule is CCc1ccc(CCNC(=O)N2CCC(O)(C(F)(F)F)CC2)cc1. The molecule has 1 aromatic rings. The number of nitrogens with one attached hydrogen (secondary N) is 1. The zero-order valence-electron chi connectivity index (χ0n) is 13.7. The quantitative estimate of drug-likeness (QED) is 0.882. The number of urea groups is 1. The third-order valence-electron chi connectivity index (χ3n) is 4.53. The summed E-state index contributed by atoms with van der Waals surface area (Å²) in [6, 6.07) is 7.72. The van der Waals surface area contributed by atoms with Gasteiger partial charge in [-0.3, -0.25) is 0 Å². The minimum Gasteiger partial charge on any atom is -0.380 e. The third-order valence-corrected chi connectivity index (χ3v) is 4.53. The van der Waals surface area contributed by atoms with Crippen LogP contribution in [-0.2, 0) is 12.8 Å². The summed E-state index contributed by atoms with van der Waals surface area (Å²) in [4.78, 5) is 13.3. The van der Waals surface area contributed by atoms with E-state index in [-0.39, 0.29) is 19.1 Å². The second-order valence-corrected chi connectivity index (χ2v) is 6.17.